The maximum absolute atomic E-state index is 14.5. The predicted octanol–water partition coefficient (Wildman–Crippen LogP) is 5.25. The molecule has 0 aliphatic carbocycles. The summed E-state index contributed by atoms with van der Waals surface area (Å²) in [7, 11) is -8.44. The highest BCUT2D eigenvalue weighted by molar-refractivity contribution is 7.93. The third-order valence-electron chi connectivity index (χ3n) is 5.93. The second-order valence-electron chi connectivity index (χ2n) is 8.44. The average molecular weight is 495 g/mol. The van der Waals surface area contributed by atoms with E-state index < -0.39 is 20.0 Å². The van der Waals surface area contributed by atoms with Crippen LogP contribution < -0.4 is 9.44 Å². The quantitative estimate of drug-likeness (QED) is 0.410. The Morgan fingerprint density at radius 3 is 1.59 bits per heavy atom. The van der Waals surface area contributed by atoms with Gasteiger partial charge in [-0.3, -0.25) is 0 Å². The van der Waals surface area contributed by atoms with E-state index in [-0.39, 0.29) is 9.79 Å². The van der Waals surface area contributed by atoms with Crippen molar-refractivity contribution >= 4 is 42.2 Å². The molecule has 8 heteroatoms. The normalized spacial score (nSPS) is 12.1. The molecular formula is C26H26N2O4S2. The van der Waals surface area contributed by atoms with Gasteiger partial charge in [0.1, 0.15) is 0 Å². The zero-order valence-electron chi connectivity index (χ0n) is 19.4. The van der Waals surface area contributed by atoms with Gasteiger partial charge in [0, 0.05) is 5.39 Å². The fourth-order valence-corrected chi connectivity index (χ4v) is 6.97. The Kier molecular flexibility index (Phi) is 6.01. The van der Waals surface area contributed by atoms with E-state index >= 15 is 0 Å². The fraction of sp³-hybridized carbons (Fsp3) is 0.154. The average Bonchev–Trinajstić information content (AvgIpc) is 2.76. The first-order valence-electron chi connectivity index (χ1n) is 10.7. The van der Waals surface area contributed by atoms with E-state index in [1.165, 1.54) is 10.4 Å². The predicted molar refractivity (Wildman–Crippen MR) is 136 cm³/mol. The minimum Gasteiger partial charge on any atom is -0.233 e. The molecule has 4 aromatic rings. The van der Waals surface area contributed by atoms with Crippen molar-refractivity contribution in [3.05, 3.63) is 95.1 Å². The summed E-state index contributed by atoms with van der Waals surface area (Å²) in [4.78, 5) is -0.382. The molecule has 0 amide bonds. The third kappa shape index (κ3) is 4.09. The van der Waals surface area contributed by atoms with E-state index in [0.29, 0.717) is 22.1 Å². The number of aryl methyl sites for hydroxylation is 4. The molecule has 4 aromatic carbocycles. The number of benzene rings is 4. The van der Waals surface area contributed by atoms with Crippen LogP contribution in [0.3, 0.4) is 0 Å². The van der Waals surface area contributed by atoms with Crippen molar-refractivity contribution < 1.29 is 16.8 Å². The van der Waals surface area contributed by atoms with Crippen LogP contribution in [-0.4, -0.2) is 16.8 Å². The summed E-state index contributed by atoms with van der Waals surface area (Å²) in [6.07, 6.45) is 0. The van der Waals surface area contributed by atoms with Crippen LogP contribution in [0, 0.1) is 27.7 Å². The Bertz CT molecular complexity index is 1550. The zero-order chi connectivity index (χ0) is 24.8. The van der Waals surface area contributed by atoms with E-state index in [1.54, 1.807) is 24.3 Å². The Morgan fingerprint density at radius 1 is 0.647 bits per heavy atom. The Balaban J connectivity index is 2.17. The Hall–Kier alpha value is -3.20. The first-order valence-corrected chi connectivity index (χ1v) is 13.6. The summed E-state index contributed by atoms with van der Waals surface area (Å²) in [5.41, 5.74) is 4.17. The molecule has 2 N–H and O–H groups in total. The zero-order valence-corrected chi connectivity index (χ0v) is 21.0. The molecule has 176 valence electrons. The van der Waals surface area contributed by atoms with Gasteiger partial charge >= 0.3 is 0 Å². The molecule has 0 saturated carbocycles. The molecule has 0 radical (unpaired) electrons. The summed E-state index contributed by atoms with van der Waals surface area (Å²) < 4.78 is 54.9. The molecule has 0 aliphatic heterocycles. The van der Waals surface area contributed by atoms with Crippen molar-refractivity contribution in [2.45, 2.75) is 37.5 Å². The van der Waals surface area contributed by atoms with Crippen LogP contribution in [0.1, 0.15) is 22.3 Å². The number of hydrogen-bond acceptors (Lipinski definition) is 4. The summed E-state index contributed by atoms with van der Waals surface area (Å²) in [5.74, 6) is 0. The van der Waals surface area contributed by atoms with Crippen molar-refractivity contribution in [1.82, 2.24) is 0 Å². The second kappa shape index (κ2) is 8.54. The lowest BCUT2D eigenvalue weighted by atomic mass is 10.1. The molecule has 0 unspecified atom stereocenters. The summed E-state index contributed by atoms with van der Waals surface area (Å²) >= 11 is 0. The van der Waals surface area contributed by atoms with Crippen LogP contribution in [0.15, 0.2) is 82.6 Å². The largest absolute Gasteiger partial charge is 0.269 e. The van der Waals surface area contributed by atoms with Gasteiger partial charge in [0.15, 0.2) is 0 Å². The van der Waals surface area contributed by atoms with Crippen molar-refractivity contribution in [3.8, 4) is 0 Å². The van der Waals surface area contributed by atoms with Crippen molar-refractivity contribution in [2.24, 2.45) is 5.14 Å². The van der Waals surface area contributed by atoms with Gasteiger partial charge in [0.2, 0.25) is 10.0 Å². The van der Waals surface area contributed by atoms with E-state index in [0.717, 1.165) is 28.3 Å². The number of para-hydroxylation sites is 2. The molecule has 6 nitrogen and oxygen atoms in total. The van der Waals surface area contributed by atoms with Gasteiger partial charge < -0.3 is 0 Å². The number of nitrogens with two attached hydrogens (primary N) is 1. The van der Waals surface area contributed by atoms with Crippen molar-refractivity contribution in [2.75, 3.05) is 4.31 Å². The second-order valence-corrected chi connectivity index (χ2v) is 11.8. The molecule has 0 fully saturated rings. The number of sulfonamides is 2. The first-order chi connectivity index (χ1) is 15.9. The Morgan fingerprint density at radius 2 is 1.12 bits per heavy atom. The van der Waals surface area contributed by atoms with E-state index in [1.807, 2.05) is 64.1 Å². The van der Waals surface area contributed by atoms with Gasteiger partial charge in [-0.05, 0) is 67.5 Å². The number of primary sulfonamides is 1. The lowest BCUT2D eigenvalue weighted by Crippen LogP contribution is -2.29. The van der Waals surface area contributed by atoms with E-state index in [2.05, 4.69) is 0 Å². The van der Waals surface area contributed by atoms with E-state index in [9.17, 15) is 16.8 Å². The molecule has 0 aliphatic rings. The number of anilines is 2. The number of fused-ring (bicyclic) bond motifs is 1. The van der Waals surface area contributed by atoms with Gasteiger partial charge in [-0.2, -0.15) is 0 Å². The highest BCUT2D eigenvalue weighted by Gasteiger charge is 2.33. The smallest absolute Gasteiger partial charge is 0.233 e. The minimum absolute atomic E-state index is 0.125. The topological polar surface area (TPSA) is 97.5 Å². The summed E-state index contributed by atoms with van der Waals surface area (Å²) in [6.45, 7) is 7.43. The van der Waals surface area contributed by atoms with Crippen molar-refractivity contribution in [1.29, 1.82) is 0 Å². The van der Waals surface area contributed by atoms with Gasteiger partial charge in [-0.1, -0.05) is 60.7 Å². The van der Waals surface area contributed by atoms with E-state index in [4.69, 9.17) is 5.14 Å². The number of rotatable bonds is 5. The third-order valence-corrected chi connectivity index (χ3v) is 8.56. The standard InChI is InChI=1S/C26H26N2O4S2/c1-17-9-7-10-18(2)25(17)28(26-19(3)11-8-12-20(26)4)34(31,32)24-16-22(33(27,29)30)15-21-13-5-6-14-23(21)24/h5-16H,1-4H3,(H2,27,29,30). The molecule has 0 bridgehead atoms. The van der Waals surface area contributed by atoms with Crippen LogP contribution >= 0.6 is 0 Å². The molecular weight excluding hydrogens is 468 g/mol. The lowest BCUT2D eigenvalue weighted by molar-refractivity contribution is 0.595. The van der Waals surface area contributed by atoms with Gasteiger partial charge in [-0.15, -0.1) is 0 Å². The first kappa shape index (κ1) is 23.9. The maximum atomic E-state index is 14.5. The summed E-state index contributed by atoms with van der Waals surface area (Å²) in [5, 5.41) is 6.30. The van der Waals surface area contributed by atoms with Crippen LogP contribution in [0.4, 0.5) is 11.4 Å². The van der Waals surface area contributed by atoms with Crippen LogP contribution in [0.5, 0.6) is 0 Å². The molecule has 0 heterocycles. The Labute approximate surface area is 200 Å². The van der Waals surface area contributed by atoms with Gasteiger partial charge in [-0.25, -0.2) is 26.3 Å². The van der Waals surface area contributed by atoms with Crippen LogP contribution in [0.2, 0.25) is 0 Å². The number of hydrogen-bond donors (Lipinski definition) is 1. The molecule has 0 saturated heterocycles. The molecule has 0 spiro atoms. The summed E-state index contributed by atoms with van der Waals surface area (Å²) in [6, 6.07) is 20.5. The van der Waals surface area contributed by atoms with Crippen molar-refractivity contribution in [3.63, 3.8) is 0 Å². The highest BCUT2D eigenvalue weighted by Crippen LogP contribution is 2.41. The van der Waals surface area contributed by atoms with Gasteiger partial charge in [0.25, 0.3) is 10.0 Å². The lowest BCUT2D eigenvalue weighted by Gasteiger charge is -2.31. The van der Waals surface area contributed by atoms with Gasteiger partial charge in [0.05, 0.1) is 21.2 Å². The minimum atomic E-state index is -4.29. The monoisotopic (exact) mass is 494 g/mol. The SMILES string of the molecule is Cc1cccc(C)c1N(c1c(C)cccc1C)S(=O)(=O)c1cc(S(N)(=O)=O)cc2ccccc12. The number of nitrogens with zero attached hydrogens (tertiary/aromatic N) is 1. The molecule has 34 heavy (non-hydrogen) atoms. The maximum Gasteiger partial charge on any atom is 0.269 e. The molecule has 4 rings (SSSR count). The van der Waals surface area contributed by atoms with Crippen LogP contribution in [-0.2, 0) is 20.0 Å². The fourth-order valence-electron chi connectivity index (χ4n) is 4.33. The van der Waals surface area contributed by atoms with Crippen LogP contribution in [0.25, 0.3) is 10.8 Å². The molecule has 0 atom stereocenters. The highest BCUT2D eigenvalue weighted by atomic mass is 32.2. The molecule has 0 aromatic heterocycles.